The quantitative estimate of drug-likeness (QED) is 0.452. The summed E-state index contributed by atoms with van der Waals surface area (Å²) >= 11 is 0. The number of hydrogen-bond donors (Lipinski definition) is 3. The van der Waals surface area contributed by atoms with Crippen LogP contribution in [-0.4, -0.2) is 13.1 Å². The maximum Gasteiger partial charge on any atom is 0.190 e. The van der Waals surface area contributed by atoms with Gasteiger partial charge in [-0.05, 0) is 24.3 Å². The standard InChI is InChI=1S/C8H11N3O/c1-12-7-4-2-6(3-5-7)11-8(9)10/h2-5H,1H3,(H4,9,10,11). The molecule has 0 aliphatic heterocycles. The van der Waals surface area contributed by atoms with E-state index in [0.29, 0.717) is 0 Å². The van der Waals surface area contributed by atoms with Crippen LogP contribution in [0.4, 0.5) is 5.69 Å². The number of nitrogens with two attached hydrogens (primary N) is 1. The van der Waals surface area contributed by atoms with Gasteiger partial charge < -0.3 is 15.8 Å². The Hall–Kier alpha value is -1.71. The van der Waals surface area contributed by atoms with E-state index in [9.17, 15) is 0 Å². The summed E-state index contributed by atoms with van der Waals surface area (Å²) in [5.41, 5.74) is 5.92. The summed E-state index contributed by atoms with van der Waals surface area (Å²) in [7, 11) is 1.60. The molecule has 0 saturated carbocycles. The largest absolute Gasteiger partial charge is 0.497 e. The minimum Gasteiger partial charge on any atom is -0.497 e. The molecule has 1 aromatic rings. The minimum atomic E-state index is -0.0693. The molecule has 0 atom stereocenters. The first-order valence-corrected chi connectivity index (χ1v) is 3.47. The Morgan fingerprint density at radius 3 is 2.42 bits per heavy atom. The number of nitrogens with one attached hydrogen (secondary N) is 2. The van der Waals surface area contributed by atoms with Gasteiger partial charge in [0.1, 0.15) is 5.75 Å². The molecule has 4 nitrogen and oxygen atoms in total. The van der Waals surface area contributed by atoms with Crippen LogP contribution in [0.3, 0.4) is 0 Å². The summed E-state index contributed by atoms with van der Waals surface area (Å²) < 4.78 is 4.96. The average Bonchev–Trinajstić information content (AvgIpc) is 2.05. The molecule has 0 aromatic heterocycles. The third-order valence-corrected chi connectivity index (χ3v) is 1.37. The highest BCUT2D eigenvalue weighted by Gasteiger charge is 1.93. The zero-order valence-corrected chi connectivity index (χ0v) is 6.79. The topological polar surface area (TPSA) is 71.1 Å². The smallest absolute Gasteiger partial charge is 0.190 e. The monoisotopic (exact) mass is 165 g/mol. The zero-order chi connectivity index (χ0) is 8.97. The summed E-state index contributed by atoms with van der Waals surface area (Å²) in [6.45, 7) is 0. The minimum absolute atomic E-state index is 0.0693. The van der Waals surface area contributed by atoms with Gasteiger partial charge in [-0.1, -0.05) is 0 Å². The number of benzene rings is 1. The first kappa shape index (κ1) is 8.39. The van der Waals surface area contributed by atoms with Gasteiger partial charge in [-0.15, -0.1) is 0 Å². The molecule has 4 heteroatoms. The highest BCUT2D eigenvalue weighted by Crippen LogP contribution is 2.14. The van der Waals surface area contributed by atoms with E-state index < -0.39 is 0 Å². The third kappa shape index (κ3) is 2.16. The fraction of sp³-hybridized carbons (Fsp3) is 0.125. The first-order valence-electron chi connectivity index (χ1n) is 3.47. The Kier molecular flexibility index (Phi) is 2.53. The van der Waals surface area contributed by atoms with Gasteiger partial charge in [-0.25, -0.2) is 0 Å². The van der Waals surface area contributed by atoms with Crippen molar-refractivity contribution in [1.82, 2.24) is 0 Å². The lowest BCUT2D eigenvalue weighted by molar-refractivity contribution is 0.415. The molecule has 0 aliphatic carbocycles. The van der Waals surface area contributed by atoms with Crippen molar-refractivity contribution in [2.45, 2.75) is 0 Å². The second kappa shape index (κ2) is 3.61. The van der Waals surface area contributed by atoms with Crippen LogP contribution in [-0.2, 0) is 0 Å². The van der Waals surface area contributed by atoms with Crippen molar-refractivity contribution in [3.05, 3.63) is 24.3 Å². The number of anilines is 1. The van der Waals surface area contributed by atoms with Crippen LogP contribution >= 0.6 is 0 Å². The maximum atomic E-state index is 6.97. The number of methoxy groups -OCH3 is 1. The predicted molar refractivity (Wildman–Crippen MR) is 48.5 cm³/mol. The van der Waals surface area contributed by atoms with E-state index in [1.54, 1.807) is 31.4 Å². The molecule has 1 rings (SSSR count). The van der Waals surface area contributed by atoms with Crippen molar-refractivity contribution in [2.24, 2.45) is 5.73 Å². The fourth-order valence-electron chi connectivity index (χ4n) is 0.830. The van der Waals surface area contributed by atoms with Crippen molar-refractivity contribution < 1.29 is 4.74 Å². The van der Waals surface area contributed by atoms with Gasteiger partial charge in [0, 0.05) is 5.69 Å². The molecule has 0 aliphatic rings. The van der Waals surface area contributed by atoms with Crippen molar-refractivity contribution in [1.29, 1.82) is 5.41 Å². The van der Waals surface area contributed by atoms with Crippen LogP contribution in [0.5, 0.6) is 5.75 Å². The highest BCUT2D eigenvalue weighted by molar-refractivity contribution is 5.89. The van der Waals surface area contributed by atoms with Crippen LogP contribution in [0.15, 0.2) is 24.3 Å². The Bertz CT molecular complexity index is 268. The average molecular weight is 165 g/mol. The molecule has 0 saturated heterocycles. The van der Waals surface area contributed by atoms with Crippen LogP contribution in [0.25, 0.3) is 0 Å². The molecular formula is C8H11N3O. The van der Waals surface area contributed by atoms with Crippen molar-refractivity contribution in [2.75, 3.05) is 12.4 Å². The molecular weight excluding hydrogens is 154 g/mol. The molecule has 1 aromatic carbocycles. The van der Waals surface area contributed by atoms with Crippen LogP contribution < -0.4 is 15.8 Å². The van der Waals surface area contributed by atoms with E-state index in [-0.39, 0.29) is 5.96 Å². The van der Waals surface area contributed by atoms with Gasteiger partial charge in [0.05, 0.1) is 7.11 Å². The molecule has 64 valence electrons. The lowest BCUT2D eigenvalue weighted by Crippen LogP contribution is -2.20. The molecule has 4 N–H and O–H groups in total. The zero-order valence-electron chi connectivity index (χ0n) is 6.79. The Morgan fingerprint density at radius 1 is 1.42 bits per heavy atom. The first-order chi connectivity index (χ1) is 5.72. The maximum absolute atomic E-state index is 6.97. The molecule has 0 heterocycles. The lowest BCUT2D eigenvalue weighted by Gasteiger charge is -2.04. The highest BCUT2D eigenvalue weighted by atomic mass is 16.5. The van der Waals surface area contributed by atoms with Crippen molar-refractivity contribution >= 4 is 11.6 Å². The lowest BCUT2D eigenvalue weighted by atomic mass is 10.3. The summed E-state index contributed by atoms with van der Waals surface area (Å²) in [5, 5.41) is 9.63. The molecule has 0 fully saturated rings. The summed E-state index contributed by atoms with van der Waals surface area (Å²) in [6.07, 6.45) is 0. The molecule has 0 amide bonds. The van der Waals surface area contributed by atoms with Crippen LogP contribution in [0, 0.1) is 5.41 Å². The third-order valence-electron chi connectivity index (χ3n) is 1.37. The van der Waals surface area contributed by atoms with E-state index in [1.165, 1.54) is 0 Å². The summed E-state index contributed by atoms with van der Waals surface area (Å²) in [6, 6.07) is 7.18. The second-order valence-electron chi connectivity index (χ2n) is 2.27. The fourth-order valence-corrected chi connectivity index (χ4v) is 0.830. The van der Waals surface area contributed by atoms with Gasteiger partial charge in [0.15, 0.2) is 5.96 Å². The number of ether oxygens (including phenoxy) is 1. The summed E-state index contributed by atoms with van der Waals surface area (Å²) in [5.74, 6) is 0.712. The Balaban J connectivity index is 2.71. The van der Waals surface area contributed by atoms with Gasteiger partial charge in [0.25, 0.3) is 0 Å². The van der Waals surface area contributed by atoms with E-state index in [4.69, 9.17) is 15.9 Å². The van der Waals surface area contributed by atoms with Gasteiger partial charge >= 0.3 is 0 Å². The van der Waals surface area contributed by atoms with Crippen molar-refractivity contribution in [3.63, 3.8) is 0 Å². The van der Waals surface area contributed by atoms with Gasteiger partial charge in [-0.2, -0.15) is 0 Å². The normalized spacial score (nSPS) is 9.08. The SMILES string of the molecule is COc1ccc(NC(=N)N)cc1. The number of guanidine groups is 1. The molecule has 0 spiro atoms. The summed E-state index contributed by atoms with van der Waals surface area (Å²) in [4.78, 5) is 0. The Morgan fingerprint density at radius 2 is 2.00 bits per heavy atom. The second-order valence-corrected chi connectivity index (χ2v) is 2.27. The van der Waals surface area contributed by atoms with Crippen LogP contribution in [0.2, 0.25) is 0 Å². The predicted octanol–water partition coefficient (Wildman–Crippen LogP) is 1.00. The van der Waals surface area contributed by atoms with Gasteiger partial charge in [0.2, 0.25) is 0 Å². The molecule has 0 radical (unpaired) electrons. The van der Waals surface area contributed by atoms with Crippen LogP contribution in [0.1, 0.15) is 0 Å². The van der Waals surface area contributed by atoms with Crippen molar-refractivity contribution in [3.8, 4) is 5.75 Å². The molecule has 0 unspecified atom stereocenters. The van der Waals surface area contributed by atoms with Gasteiger partial charge in [-0.3, -0.25) is 5.41 Å². The number of hydrogen-bond acceptors (Lipinski definition) is 2. The van der Waals surface area contributed by atoms with E-state index in [2.05, 4.69) is 5.32 Å². The number of rotatable bonds is 2. The van der Waals surface area contributed by atoms with E-state index in [0.717, 1.165) is 11.4 Å². The van der Waals surface area contributed by atoms with E-state index in [1.807, 2.05) is 0 Å². The Labute approximate surface area is 70.8 Å². The van der Waals surface area contributed by atoms with E-state index >= 15 is 0 Å². The molecule has 0 bridgehead atoms. The molecule has 12 heavy (non-hydrogen) atoms.